The van der Waals surface area contributed by atoms with Crippen LogP contribution in [0.15, 0.2) is 0 Å². The first kappa shape index (κ1) is 21.3. The molecular weight excluding hydrogens is 214 g/mol. The minimum absolute atomic E-state index is 0. The maximum atomic E-state index is 9.96. The van der Waals surface area contributed by atoms with Crippen LogP contribution < -0.4 is 47.9 Å². The maximum Gasteiger partial charge on any atom is 1.00 e. The Balaban J connectivity index is -0.000000845. The molecule has 0 amide bonds. The second kappa shape index (κ2) is 9.05. The average Bonchev–Trinajstić information content (AvgIpc) is 2.12. The molecule has 0 aliphatic rings. The van der Waals surface area contributed by atoms with Crippen molar-refractivity contribution in [3.05, 3.63) is 0 Å². The van der Waals surface area contributed by atoms with Crippen molar-refractivity contribution in [3.63, 3.8) is 0 Å². The van der Waals surface area contributed by atoms with Crippen molar-refractivity contribution >= 4 is 11.9 Å². The van der Waals surface area contributed by atoms with Gasteiger partial charge in [-0.15, -0.1) is 0 Å². The Morgan fingerprint density at radius 2 is 0.938 bits per heavy atom. The molecule has 0 aliphatic carbocycles. The first-order valence-electron chi connectivity index (χ1n) is 3.43. The second-order valence-corrected chi connectivity index (χ2v) is 2.51. The normalized spacial score (nSPS) is 17.0. The summed E-state index contributed by atoms with van der Waals surface area (Å²) < 4.78 is 0. The summed E-state index contributed by atoms with van der Waals surface area (Å²) in [6, 6.07) is 0. The van der Waals surface area contributed by atoms with Gasteiger partial charge in [-0.2, -0.15) is 0 Å². The number of rotatable bonds is 5. The fraction of sp³-hybridized carbons (Fsp3) is 0.667. The van der Waals surface area contributed by atoms with E-state index in [-0.39, 0.29) is 37.7 Å². The van der Waals surface area contributed by atoms with Crippen LogP contribution in [0.2, 0.25) is 0 Å². The maximum absolute atomic E-state index is 9.96. The van der Waals surface area contributed by atoms with Gasteiger partial charge in [-0.3, -0.25) is 0 Å². The van der Waals surface area contributed by atoms with Crippen molar-refractivity contribution in [2.75, 3.05) is 0 Å². The van der Waals surface area contributed by atoms with Crippen molar-refractivity contribution in [1.29, 1.82) is 0 Å². The molecule has 0 aromatic heterocycles. The van der Waals surface area contributed by atoms with Crippen molar-refractivity contribution in [2.24, 2.45) is 0 Å². The van der Waals surface area contributed by atoms with Gasteiger partial charge >= 0.3 is 37.7 Å². The first-order valence-corrected chi connectivity index (χ1v) is 3.43. The first-order chi connectivity index (χ1) is 6.29. The molecule has 0 unspecified atom stereocenters. The summed E-state index contributed by atoms with van der Waals surface area (Å²) in [6.07, 6.45) is -9.76. The topological polar surface area (TPSA) is 161 Å². The Morgan fingerprint density at radius 1 is 0.750 bits per heavy atom. The van der Waals surface area contributed by atoms with Gasteiger partial charge < -0.3 is 40.2 Å². The van der Waals surface area contributed by atoms with Gasteiger partial charge in [-0.25, -0.2) is 0 Å². The third-order valence-corrected chi connectivity index (χ3v) is 1.48. The molecule has 16 heavy (non-hydrogen) atoms. The molecule has 0 aromatic carbocycles. The molecule has 0 fully saturated rings. The van der Waals surface area contributed by atoms with Gasteiger partial charge in [-0.1, -0.05) is 0 Å². The molecule has 0 rings (SSSR count). The van der Waals surface area contributed by atoms with E-state index in [9.17, 15) is 19.8 Å². The summed E-state index contributed by atoms with van der Waals surface area (Å²) in [5.74, 6) is -4.22. The standard InChI is InChI=1S/C6H10O8.2Li/c7-1(3(9)5(11)12)2(8)4(10)6(13)14;;/h1-4,7-10H,(H,11,12)(H,13,14);;/q;2*+1/p-2/t1-,2+,3+,4-;;. The fourth-order valence-corrected chi connectivity index (χ4v) is 0.652. The Kier molecular flexibility index (Phi) is 12.0. The predicted molar refractivity (Wildman–Crippen MR) is 34.0 cm³/mol. The zero-order valence-corrected chi connectivity index (χ0v) is 8.73. The molecule has 4 N–H and O–H groups in total. The minimum atomic E-state index is -2.50. The SMILES string of the molecule is O=C([O-])[C@@H](O)[C@H](O)[C@H](O)[C@@H](O)C(=O)[O-].[Li+].[Li+]. The molecule has 0 saturated heterocycles. The molecular formula is C6H8Li2O8. The monoisotopic (exact) mass is 222 g/mol. The van der Waals surface area contributed by atoms with E-state index in [1.165, 1.54) is 0 Å². The van der Waals surface area contributed by atoms with Crippen LogP contribution in [0, 0.1) is 0 Å². The van der Waals surface area contributed by atoms with Crippen molar-refractivity contribution in [2.45, 2.75) is 24.4 Å². The van der Waals surface area contributed by atoms with Crippen LogP contribution in [0.4, 0.5) is 0 Å². The number of carbonyl (C=O) groups excluding carboxylic acids is 2. The van der Waals surface area contributed by atoms with Gasteiger partial charge in [0, 0.05) is 0 Å². The van der Waals surface area contributed by atoms with Gasteiger partial charge in [0.2, 0.25) is 0 Å². The van der Waals surface area contributed by atoms with E-state index in [0.29, 0.717) is 0 Å². The molecule has 0 aromatic rings. The van der Waals surface area contributed by atoms with Crippen LogP contribution >= 0.6 is 0 Å². The van der Waals surface area contributed by atoms with Crippen LogP contribution in [0.25, 0.3) is 0 Å². The second-order valence-electron chi connectivity index (χ2n) is 2.51. The molecule has 8 nitrogen and oxygen atoms in total. The van der Waals surface area contributed by atoms with E-state index < -0.39 is 36.4 Å². The van der Waals surface area contributed by atoms with Gasteiger partial charge in [0.05, 0.1) is 11.9 Å². The van der Waals surface area contributed by atoms with Gasteiger partial charge in [0.1, 0.15) is 24.4 Å². The Hall–Kier alpha value is -0.0252. The summed E-state index contributed by atoms with van der Waals surface area (Å²) in [7, 11) is 0. The summed E-state index contributed by atoms with van der Waals surface area (Å²) in [6.45, 7) is 0. The number of carbonyl (C=O) groups is 2. The molecule has 0 radical (unpaired) electrons. The number of aliphatic carboxylic acids is 2. The van der Waals surface area contributed by atoms with Gasteiger partial charge in [0.25, 0.3) is 0 Å². The zero-order valence-electron chi connectivity index (χ0n) is 8.73. The molecule has 4 atom stereocenters. The van der Waals surface area contributed by atoms with E-state index >= 15 is 0 Å². The summed E-state index contributed by atoms with van der Waals surface area (Å²) in [4.78, 5) is 19.9. The average molecular weight is 222 g/mol. The zero-order chi connectivity index (χ0) is 11.5. The van der Waals surface area contributed by atoms with E-state index in [4.69, 9.17) is 20.4 Å². The van der Waals surface area contributed by atoms with Gasteiger partial charge in [-0.05, 0) is 0 Å². The number of hydrogen-bond acceptors (Lipinski definition) is 8. The van der Waals surface area contributed by atoms with Crippen molar-refractivity contribution in [3.8, 4) is 0 Å². The molecule has 0 heterocycles. The number of aliphatic hydroxyl groups excluding tert-OH is 4. The molecule has 0 aliphatic heterocycles. The Labute approximate surface area is 114 Å². The fourth-order valence-electron chi connectivity index (χ4n) is 0.652. The van der Waals surface area contributed by atoms with E-state index in [1.807, 2.05) is 0 Å². The molecule has 0 bridgehead atoms. The molecule has 0 saturated carbocycles. The molecule has 82 valence electrons. The van der Waals surface area contributed by atoms with E-state index in [2.05, 4.69) is 0 Å². The molecule has 0 spiro atoms. The Morgan fingerprint density at radius 3 is 1.06 bits per heavy atom. The minimum Gasteiger partial charge on any atom is -0.547 e. The number of carboxylic acid groups (broad SMARTS) is 2. The van der Waals surface area contributed by atoms with Crippen LogP contribution in [-0.4, -0.2) is 56.8 Å². The third-order valence-electron chi connectivity index (χ3n) is 1.48. The van der Waals surface area contributed by atoms with Crippen LogP contribution in [0.1, 0.15) is 0 Å². The summed E-state index contributed by atoms with van der Waals surface area (Å²) in [5.41, 5.74) is 0. The number of hydrogen-bond donors (Lipinski definition) is 4. The van der Waals surface area contributed by atoms with Crippen LogP contribution in [-0.2, 0) is 9.59 Å². The van der Waals surface area contributed by atoms with Gasteiger partial charge in [0.15, 0.2) is 0 Å². The molecule has 10 heteroatoms. The predicted octanol–water partition coefficient (Wildman–Crippen LogP) is -12.1. The quantitative estimate of drug-likeness (QED) is 0.333. The van der Waals surface area contributed by atoms with E-state index in [0.717, 1.165) is 0 Å². The van der Waals surface area contributed by atoms with Crippen LogP contribution in [0.3, 0.4) is 0 Å². The summed E-state index contributed by atoms with van der Waals surface area (Å²) >= 11 is 0. The van der Waals surface area contributed by atoms with E-state index in [1.54, 1.807) is 0 Å². The summed E-state index contributed by atoms with van der Waals surface area (Å²) in [5, 5.41) is 54.7. The largest absolute Gasteiger partial charge is 1.00 e. The number of aliphatic hydroxyl groups is 4. The van der Waals surface area contributed by atoms with Crippen molar-refractivity contribution < 1.29 is 77.9 Å². The van der Waals surface area contributed by atoms with Crippen molar-refractivity contribution in [1.82, 2.24) is 0 Å². The van der Waals surface area contributed by atoms with Crippen LogP contribution in [0.5, 0.6) is 0 Å². The number of carboxylic acids is 2. The third kappa shape index (κ3) is 5.90. The smallest absolute Gasteiger partial charge is 0.547 e. The Bertz CT molecular complexity index is 211.